The number of aromatic nitrogens is 1. The summed E-state index contributed by atoms with van der Waals surface area (Å²) in [5.41, 5.74) is 2.09. The van der Waals surface area contributed by atoms with Gasteiger partial charge in [-0.3, -0.25) is 14.5 Å². The number of aryl methyl sites for hydroxylation is 1. The van der Waals surface area contributed by atoms with Gasteiger partial charge in [0.1, 0.15) is 34.8 Å². The van der Waals surface area contributed by atoms with E-state index in [0.717, 1.165) is 22.6 Å². The Balaban J connectivity index is 1.67. The molecule has 2 aliphatic heterocycles. The molecule has 10 heteroatoms. The molecule has 1 fully saturated rings. The summed E-state index contributed by atoms with van der Waals surface area (Å²) in [4.78, 5) is 45.5. The number of ketones is 1. The Hall–Kier alpha value is -4.44. The third-order valence-electron chi connectivity index (χ3n) is 6.61. The van der Waals surface area contributed by atoms with E-state index in [1.165, 1.54) is 4.90 Å². The van der Waals surface area contributed by atoms with Gasteiger partial charge in [-0.05, 0) is 62.2 Å². The molecule has 0 radical (unpaired) electrons. The van der Waals surface area contributed by atoms with Crippen molar-refractivity contribution < 1.29 is 33.7 Å². The molecule has 0 aliphatic carbocycles. The smallest absolute Gasteiger partial charge is 0.350 e. The fraction of sp³-hybridized carbons (Fsp3) is 0.267. The number of carbonyl (C=O) groups excluding carboxylic acids is 3. The van der Waals surface area contributed by atoms with Gasteiger partial charge in [0.25, 0.3) is 5.78 Å². The number of thiazole rings is 1. The van der Waals surface area contributed by atoms with Gasteiger partial charge in [0.05, 0.1) is 23.9 Å². The number of anilines is 1. The van der Waals surface area contributed by atoms with Crippen LogP contribution in [0.1, 0.15) is 51.9 Å². The minimum atomic E-state index is -1.03. The SMILES string of the molecule is C=CCOc1cccc([C@H]2C(=C(O)c3ccc4c(c3)C[C@@H](C)O4)C(=O)C(=O)N2c2nc(C)c(C(=O)OCC)s2)c1. The summed E-state index contributed by atoms with van der Waals surface area (Å²) in [5.74, 6) is -1.40. The van der Waals surface area contributed by atoms with Crippen LogP contribution in [0, 0.1) is 6.92 Å². The molecule has 1 aromatic heterocycles. The summed E-state index contributed by atoms with van der Waals surface area (Å²) in [6.45, 7) is 9.38. The molecule has 3 heterocycles. The Kier molecular flexibility index (Phi) is 7.44. The van der Waals surface area contributed by atoms with Crippen LogP contribution in [0.25, 0.3) is 5.76 Å². The molecule has 2 atom stereocenters. The summed E-state index contributed by atoms with van der Waals surface area (Å²) in [6, 6.07) is 11.1. The first kappa shape index (κ1) is 27.1. The van der Waals surface area contributed by atoms with Crippen molar-refractivity contribution in [3.8, 4) is 11.5 Å². The number of carbonyl (C=O) groups is 3. The molecule has 0 unspecified atom stereocenters. The maximum absolute atomic E-state index is 13.6. The number of aliphatic hydroxyl groups is 1. The number of fused-ring (bicyclic) bond motifs is 1. The second kappa shape index (κ2) is 11.0. The molecule has 1 amide bonds. The molecule has 3 aromatic rings. The van der Waals surface area contributed by atoms with E-state index >= 15 is 0 Å². The van der Waals surface area contributed by atoms with E-state index in [1.807, 2.05) is 6.92 Å². The Bertz CT molecular complexity index is 1560. The fourth-order valence-corrected chi connectivity index (χ4v) is 5.86. The summed E-state index contributed by atoms with van der Waals surface area (Å²) in [5, 5.41) is 11.7. The lowest BCUT2D eigenvalue weighted by atomic mass is 9.94. The molecule has 0 spiro atoms. The number of rotatable bonds is 8. The van der Waals surface area contributed by atoms with Crippen LogP contribution >= 0.6 is 11.3 Å². The summed E-state index contributed by atoms with van der Waals surface area (Å²) in [7, 11) is 0. The number of hydrogen-bond donors (Lipinski definition) is 1. The number of Topliss-reactive ketones (excluding diaryl/α,β-unsaturated/α-hetero) is 1. The van der Waals surface area contributed by atoms with Crippen molar-refractivity contribution in [2.75, 3.05) is 18.1 Å². The molecule has 9 nitrogen and oxygen atoms in total. The van der Waals surface area contributed by atoms with E-state index in [0.29, 0.717) is 29.0 Å². The number of hydrogen-bond acceptors (Lipinski definition) is 9. The monoisotopic (exact) mass is 560 g/mol. The quantitative estimate of drug-likeness (QED) is 0.132. The van der Waals surface area contributed by atoms with Crippen molar-refractivity contribution in [1.29, 1.82) is 0 Å². The average molecular weight is 561 g/mol. The van der Waals surface area contributed by atoms with Crippen LogP contribution in [0.5, 0.6) is 11.5 Å². The van der Waals surface area contributed by atoms with E-state index < -0.39 is 23.7 Å². The molecule has 0 bridgehead atoms. The van der Waals surface area contributed by atoms with Crippen molar-refractivity contribution >= 4 is 39.9 Å². The van der Waals surface area contributed by atoms with Gasteiger partial charge in [-0.15, -0.1) is 0 Å². The lowest BCUT2D eigenvalue weighted by Gasteiger charge is -2.23. The Morgan fingerprint density at radius 1 is 1.27 bits per heavy atom. The molecule has 206 valence electrons. The molecule has 2 aliphatic rings. The second-order valence-electron chi connectivity index (χ2n) is 9.43. The highest BCUT2D eigenvalue weighted by Crippen LogP contribution is 2.45. The van der Waals surface area contributed by atoms with Gasteiger partial charge in [-0.25, -0.2) is 9.78 Å². The molecular weight excluding hydrogens is 532 g/mol. The minimum Gasteiger partial charge on any atom is -0.507 e. The van der Waals surface area contributed by atoms with Crippen molar-refractivity contribution in [3.63, 3.8) is 0 Å². The topological polar surface area (TPSA) is 115 Å². The van der Waals surface area contributed by atoms with Crippen LogP contribution in [-0.2, 0) is 20.7 Å². The number of aliphatic hydroxyl groups excluding tert-OH is 1. The van der Waals surface area contributed by atoms with E-state index in [4.69, 9.17) is 14.2 Å². The Morgan fingerprint density at radius 2 is 2.08 bits per heavy atom. The molecule has 0 saturated carbocycles. The maximum atomic E-state index is 13.6. The highest BCUT2D eigenvalue weighted by Gasteiger charge is 2.48. The normalized spacial score (nSPS) is 19.3. The molecule has 1 N–H and O–H groups in total. The Labute approximate surface area is 235 Å². The van der Waals surface area contributed by atoms with E-state index in [-0.39, 0.29) is 40.7 Å². The van der Waals surface area contributed by atoms with Gasteiger partial charge in [-0.2, -0.15) is 0 Å². The van der Waals surface area contributed by atoms with E-state index in [9.17, 15) is 19.5 Å². The van der Waals surface area contributed by atoms with Gasteiger partial charge in [0, 0.05) is 12.0 Å². The van der Waals surface area contributed by atoms with E-state index in [2.05, 4.69) is 11.6 Å². The zero-order valence-corrected chi connectivity index (χ0v) is 23.1. The van der Waals surface area contributed by atoms with Crippen molar-refractivity contribution in [2.24, 2.45) is 0 Å². The second-order valence-corrected chi connectivity index (χ2v) is 10.4. The van der Waals surface area contributed by atoms with Crippen LogP contribution in [0.2, 0.25) is 0 Å². The fourth-order valence-electron chi connectivity index (χ4n) is 4.87. The number of nitrogens with zero attached hydrogens (tertiary/aromatic N) is 2. The lowest BCUT2D eigenvalue weighted by molar-refractivity contribution is -0.132. The van der Waals surface area contributed by atoms with Crippen LogP contribution in [0.15, 0.2) is 60.7 Å². The average Bonchev–Trinajstić information content (AvgIpc) is 3.59. The summed E-state index contributed by atoms with van der Waals surface area (Å²) < 4.78 is 16.6. The number of esters is 1. The standard InChI is InChI=1S/C30H28N2O7S/c1-5-12-38-21-9-7-8-18(15-21)24-23(25(33)19-10-11-22-20(14-19)13-16(3)39-22)26(34)28(35)32(24)30-31-17(4)27(40-30)29(36)37-6-2/h5,7-11,14-16,24,33H,1,6,12-13H2,2-4H3/t16-,24+/m1/s1. The van der Waals surface area contributed by atoms with Crippen molar-refractivity contribution in [2.45, 2.75) is 39.3 Å². The third-order valence-corrected chi connectivity index (χ3v) is 7.74. The first-order valence-electron chi connectivity index (χ1n) is 12.8. The lowest BCUT2D eigenvalue weighted by Crippen LogP contribution is -2.29. The highest BCUT2D eigenvalue weighted by molar-refractivity contribution is 7.17. The first-order valence-corrected chi connectivity index (χ1v) is 13.6. The van der Waals surface area contributed by atoms with E-state index in [1.54, 1.807) is 62.4 Å². The van der Waals surface area contributed by atoms with Crippen LogP contribution in [-0.4, -0.2) is 47.1 Å². The number of benzene rings is 2. The third kappa shape index (κ3) is 4.86. The molecule has 2 aromatic carbocycles. The largest absolute Gasteiger partial charge is 0.507 e. The Morgan fingerprint density at radius 3 is 2.83 bits per heavy atom. The van der Waals surface area contributed by atoms with Gasteiger partial charge >= 0.3 is 11.9 Å². The summed E-state index contributed by atoms with van der Waals surface area (Å²) >= 11 is 0.955. The first-order chi connectivity index (χ1) is 19.2. The van der Waals surface area contributed by atoms with Gasteiger partial charge in [0.15, 0.2) is 5.13 Å². The predicted molar refractivity (Wildman–Crippen MR) is 150 cm³/mol. The molecule has 5 rings (SSSR count). The maximum Gasteiger partial charge on any atom is 0.350 e. The van der Waals surface area contributed by atoms with Crippen molar-refractivity contribution in [3.05, 3.63) is 88.0 Å². The zero-order chi connectivity index (χ0) is 28.6. The van der Waals surface area contributed by atoms with Gasteiger partial charge < -0.3 is 19.3 Å². The molecule has 40 heavy (non-hydrogen) atoms. The van der Waals surface area contributed by atoms with Gasteiger partial charge in [-0.1, -0.05) is 36.1 Å². The highest BCUT2D eigenvalue weighted by atomic mass is 32.1. The molecule has 1 saturated heterocycles. The number of ether oxygens (including phenoxy) is 3. The predicted octanol–water partition coefficient (Wildman–Crippen LogP) is 5.14. The van der Waals surface area contributed by atoms with Crippen LogP contribution in [0.3, 0.4) is 0 Å². The van der Waals surface area contributed by atoms with Gasteiger partial charge in [0.2, 0.25) is 0 Å². The zero-order valence-electron chi connectivity index (χ0n) is 22.3. The molecular formula is C30H28N2O7S. The van der Waals surface area contributed by atoms with Crippen molar-refractivity contribution in [1.82, 2.24) is 4.98 Å². The van der Waals surface area contributed by atoms with Crippen LogP contribution < -0.4 is 14.4 Å². The van der Waals surface area contributed by atoms with Crippen LogP contribution in [0.4, 0.5) is 5.13 Å². The summed E-state index contributed by atoms with van der Waals surface area (Å²) in [6.07, 6.45) is 2.26. The minimum absolute atomic E-state index is 0.00183. The number of amides is 1.